The van der Waals surface area contributed by atoms with E-state index in [1.807, 2.05) is 23.1 Å². The highest BCUT2D eigenvalue weighted by Crippen LogP contribution is 2.50. The van der Waals surface area contributed by atoms with Crippen LogP contribution in [-0.2, 0) is 4.79 Å². The summed E-state index contributed by atoms with van der Waals surface area (Å²) in [5.41, 5.74) is 0.863. The van der Waals surface area contributed by atoms with Crippen LogP contribution in [0.1, 0.15) is 38.2 Å². The van der Waals surface area contributed by atoms with Gasteiger partial charge in [-0.3, -0.25) is 4.79 Å². The molecule has 2 aliphatic heterocycles. The van der Waals surface area contributed by atoms with Gasteiger partial charge in [-0.15, -0.1) is 12.4 Å². The van der Waals surface area contributed by atoms with Gasteiger partial charge in [-0.1, -0.05) is 18.2 Å². The Morgan fingerprint density at radius 2 is 2.09 bits per heavy atom. The summed E-state index contributed by atoms with van der Waals surface area (Å²) in [5.74, 6) is 1.41. The molecule has 4 nitrogen and oxygen atoms in total. The van der Waals surface area contributed by atoms with Crippen LogP contribution in [-0.4, -0.2) is 43.6 Å². The molecule has 2 heterocycles. The predicted molar refractivity (Wildman–Crippen MR) is 94.4 cm³/mol. The van der Waals surface area contributed by atoms with E-state index in [2.05, 4.69) is 25.2 Å². The van der Waals surface area contributed by atoms with E-state index in [0.29, 0.717) is 5.91 Å². The van der Waals surface area contributed by atoms with Gasteiger partial charge in [-0.2, -0.15) is 0 Å². The third kappa shape index (κ3) is 2.94. The number of hydrogen-bond acceptors (Lipinski definition) is 3. The molecule has 2 aliphatic rings. The second-order valence-electron chi connectivity index (χ2n) is 6.78. The van der Waals surface area contributed by atoms with E-state index in [-0.39, 0.29) is 29.8 Å². The quantitative estimate of drug-likeness (QED) is 0.921. The third-order valence-electron chi connectivity index (χ3n) is 5.29. The number of nitrogens with zero attached hydrogens (tertiary/aromatic N) is 1. The van der Waals surface area contributed by atoms with Crippen LogP contribution in [0.2, 0.25) is 0 Å². The smallest absolute Gasteiger partial charge is 0.231 e. The first-order valence-electron chi connectivity index (χ1n) is 8.25. The maximum Gasteiger partial charge on any atom is 0.231 e. The minimum atomic E-state index is -0.308. The average Bonchev–Trinajstić information content (AvgIpc) is 2.81. The van der Waals surface area contributed by atoms with Gasteiger partial charge >= 0.3 is 0 Å². The number of para-hydroxylation sites is 1. The number of carbonyl (C=O) groups is 1. The zero-order valence-electron chi connectivity index (χ0n) is 14.2. The lowest BCUT2D eigenvalue weighted by molar-refractivity contribution is -0.138. The zero-order chi connectivity index (χ0) is 15.7. The number of ether oxygens (including phenoxy) is 1. The second-order valence-corrected chi connectivity index (χ2v) is 6.78. The zero-order valence-corrected chi connectivity index (χ0v) is 15.0. The van der Waals surface area contributed by atoms with Crippen LogP contribution < -0.4 is 10.1 Å². The van der Waals surface area contributed by atoms with Crippen LogP contribution in [0.4, 0.5) is 0 Å². The van der Waals surface area contributed by atoms with E-state index in [4.69, 9.17) is 4.74 Å². The number of nitrogens with one attached hydrogen (secondary N) is 1. The number of likely N-dealkylation sites (tertiary alicyclic amines) is 1. The van der Waals surface area contributed by atoms with Crippen LogP contribution in [0.15, 0.2) is 24.3 Å². The average molecular weight is 339 g/mol. The normalized spacial score (nSPS) is 27.4. The highest BCUT2D eigenvalue weighted by molar-refractivity contribution is 5.87. The van der Waals surface area contributed by atoms with Crippen molar-refractivity contribution in [2.24, 2.45) is 5.41 Å². The monoisotopic (exact) mass is 338 g/mol. The lowest BCUT2D eigenvalue weighted by Crippen LogP contribution is -2.48. The van der Waals surface area contributed by atoms with Crippen LogP contribution in [0.5, 0.6) is 5.75 Å². The fourth-order valence-corrected chi connectivity index (χ4v) is 4.09. The van der Waals surface area contributed by atoms with Gasteiger partial charge in [0.2, 0.25) is 5.91 Å². The molecule has 2 unspecified atom stereocenters. The van der Waals surface area contributed by atoms with Crippen molar-refractivity contribution < 1.29 is 9.53 Å². The fraction of sp³-hybridized carbons (Fsp3) is 0.611. The van der Waals surface area contributed by atoms with Crippen molar-refractivity contribution in [1.82, 2.24) is 10.2 Å². The van der Waals surface area contributed by atoms with Crippen molar-refractivity contribution in [3.05, 3.63) is 29.8 Å². The van der Waals surface area contributed by atoms with E-state index in [9.17, 15) is 4.79 Å². The molecule has 0 aromatic heterocycles. The van der Waals surface area contributed by atoms with E-state index in [0.717, 1.165) is 38.2 Å². The molecule has 3 rings (SSSR count). The number of carbonyl (C=O) groups excluding carboxylic acids is 1. The van der Waals surface area contributed by atoms with Gasteiger partial charge < -0.3 is 15.0 Å². The van der Waals surface area contributed by atoms with E-state index >= 15 is 0 Å². The Balaban J connectivity index is 0.00000192. The lowest BCUT2D eigenvalue weighted by atomic mass is 9.69. The minimum absolute atomic E-state index is 0. The Morgan fingerprint density at radius 3 is 2.70 bits per heavy atom. The van der Waals surface area contributed by atoms with Gasteiger partial charge in [-0.05, 0) is 39.3 Å². The number of rotatable bonds is 3. The van der Waals surface area contributed by atoms with E-state index in [1.54, 1.807) is 7.11 Å². The first-order valence-corrected chi connectivity index (χ1v) is 8.25. The molecule has 1 spiro atoms. The van der Waals surface area contributed by atoms with Crippen molar-refractivity contribution >= 4 is 18.3 Å². The van der Waals surface area contributed by atoms with E-state index < -0.39 is 0 Å². The molecule has 23 heavy (non-hydrogen) atoms. The largest absolute Gasteiger partial charge is 0.496 e. The summed E-state index contributed by atoms with van der Waals surface area (Å²) in [6, 6.07) is 8.40. The van der Waals surface area contributed by atoms with Gasteiger partial charge in [0.1, 0.15) is 5.75 Å². The maximum absolute atomic E-state index is 13.2. The molecule has 2 fully saturated rings. The van der Waals surface area contributed by atoms with Crippen LogP contribution in [0.3, 0.4) is 0 Å². The third-order valence-corrected chi connectivity index (χ3v) is 5.29. The highest BCUT2D eigenvalue weighted by Gasteiger charge is 2.55. The molecule has 2 saturated heterocycles. The van der Waals surface area contributed by atoms with Crippen LogP contribution >= 0.6 is 12.4 Å². The summed E-state index contributed by atoms with van der Waals surface area (Å²) in [5, 5.41) is 3.46. The van der Waals surface area contributed by atoms with Gasteiger partial charge in [0, 0.05) is 30.6 Å². The number of amides is 1. The molecular formula is C18H27ClN2O2. The molecule has 0 bridgehead atoms. The van der Waals surface area contributed by atoms with Crippen molar-refractivity contribution in [3.63, 3.8) is 0 Å². The Hall–Kier alpha value is -1.26. The van der Waals surface area contributed by atoms with E-state index in [1.165, 1.54) is 5.56 Å². The van der Waals surface area contributed by atoms with Crippen molar-refractivity contribution in [2.45, 2.75) is 38.6 Å². The Bertz CT molecular complexity index is 556. The van der Waals surface area contributed by atoms with Crippen LogP contribution in [0.25, 0.3) is 0 Å². The summed E-state index contributed by atoms with van der Waals surface area (Å²) in [7, 11) is 1.71. The molecular weight excluding hydrogens is 312 g/mol. The molecule has 2 atom stereocenters. The number of halogens is 1. The van der Waals surface area contributed by atoms with Crippen LogP contribution in [0, 0.1) is 5.41 Å². The first kappa shape index (κ1) is 18.1. The molecule has 1 amide bonds. The number of piperidine rings is 1. The van der Waals surface area contributed by atoms with Gasteiger partial charge in [0.15, 0.2) is 0 Å². The van der Waals surface area contributed by atoms with Gasteiger partial charge in [0.25, 0.3) is 0 Å². The van der Waals surface area contributed by atoms with Gasteiger partial charge in [0.05, 0.1) is 12.5 Å². The standard InChI is InChI=1S/C18H26N2O2.ClH/c1-13(2)20-11-15(14-7-4-5-8-16(14)22-3)18(17(20)21)9-6-10-19-12-18;/h4-5,7-8,13,15,19H,6,9-12H2,1-3H3;1H. The Morgan fingerprint density at radius 1 is 1.35 bits per heavy atom. The summed E-state index contributed by atoms with van der Waals surface area (Å²) in [6.45, 7) is 6.78. The molecule has 128 valence electrons. The van der Waals surface area contributed by atoms with Crippen molar-refractivity contribution in [3.8, 4) is 5.75 Å². The minimum Gasteiger partial charge on any atom is -0.496 e. The fourth-order valence-electron chi connectivity index (χ4n) is 4.09. The summed E-state index contributed by atoms with van der Waals surface area (Å²) < 4.78 is 5.57. The highest BCUT2D eigenvalue weighted by atomic mass is 35.5. The Labute approximate surface area is 145 Å². The predicted octanol–water partition coefficient (Wildman–Crippen LogP) is 2.82. The topological polar surface area (TPSA) is 41.6 Å². The van der Waals surface area contributed by atoms with Crippen molar-refractivity contribution in [1.29, 1.82) is 0 Å². The Kier molecular flexibility index (Phi) is 5.58. The molecule has 0 aliphatic carbocycles. The lowest BCUT2D eigenvalue weighted by Gasteiger charge is -2.37. The molecule has 0 saturated carbocycles. The molecule has 1 aromatic rings. The first-order chi connectivity index (χ1) is 10.6. The molecule has 1 N–H and O–H groups in total. The molecule has 5 heteroatoms. The summed E-state index contributed by atoms with van der Waals surface area (Å²) >= 11 is 0. The van der Waals surface area contributed by atoms with Crippen molar-refractivity contribution in [2.75, 3.05) is 26.7 Å². The number of benzene rings is 1. The molecule has 0 radical (unpaired) electrons. The number of methoxy groups -OCH3 is 1. The molecule has 1 aromatic carbocycles. The second kappa shape index (κ2) is 7.10. The summed E-state index contributed by atoms with van der Waals surface area (Å²) in [6.07, 6.45) is 2.02. The van der Waals surface area contributed by atoms with Gasteiger partial charge in [-0.25, -0.2) is 0 Å². The SMILES string of the molecule is COc1ccccc1C1CN(C(C)C)C(=O)C12CCCNC2.Cl. The summed E-state index contributed by atoms with van der Waals surface area (Å²) in [4.78, 5) is 15.2. The maximum atomic E-state index is 13.2. The number of hydrogen-bond donors (Lipinski definition) is 1.